The number of halogens is 3. The van der Waals surface area contributed by atoms with Gasteiger partial charge in [0.25, 0.3) is 0 Å². The van der Waals surface area contributed by atoms with Gasteiger partial charge in [0.1, 0.15) is 0 Å². The van der Waals surface area contributed by atoms with Crippen LogP contribution >= 0.6 is 34.8 Å². The van der Waals surface area contributed by atoms with E-state index < -0.39 is 42.5 Å². The Hall–Kier alpha value is 2.13. The second kappa shape index (κ2) is 20.1. The molecule has 0 aromatic heterocycles. The zero-order chi connectivity index (χ0) is 25.2. The van der Waals surface area contributed by atoms with Gasteiger partial charge in [0.15, 0.2) is 0 Å². The molecule has 0 fully saturated rings. The molecule has 0 rings (SSSR count). The predicted molar refractivity (Wildman–Crippen MR) is 156 cm³/mol. The molecule has 0 bridgehead atoms. The van der Waals surface area contributed by atoms with E-state index >= 15 is 0 Å². The maximum atomic E-state index is 7.14. The molecule has 0 N–H and O–H groups in total. The molecule has 0 heterocycles. The standard InChI is InChI=1S/C14H28Cl3GeO2.3C4H9.Sn/c1-4-7-10-18(11-8-5-2,12-9-6-3)20-13(19)14(15,16)17;3*1-3-4-2;/h13H,4-12H2,1-3H3;3*1,3-4H2,2H3;/q-1;;;;+1. The number of alkyl halides is 3. The summed E-state index contributed by atoms with van der Waals surface area (Å²) >= 11 is 14.3. The van der Waals surface area contributed by atoms with Crippen LogP contribution in [0.1, 0.15) is 119 Å². The Morgan fingerprint density at radius 2 is 0.939 bits per heavy atom. The van der Waals surface area contributed by atoms with Crippen LogP contribution in [0.2, 0.25) is 29.1 Å². The summed E-state index contributed by atoms with van der Waals surface area (Å²) in [5.41, 5.74) is 0. The molecule has 0 spiro atoms. The van der Waals surface area contributed by atoms with E-state index in [0.29, 0.717) is 0 Å². The first-order valence-electron chi connectivity index (χ1n) is 14.1. The molecule has 0 radical (unpaired) electrons. The first-order valence-corrected chi connectivity index (χ1v) is 27.8. The Morgan fingerprint density at radius 3 is 1.21 bits per heavy atom. The van der Waals surface area contributed by atoms with Gasteiger partial charge in [-0.2, -0.15) is 0 Å². The van der Waals surface area contributed by atoms with Gasteiger partial charge in [-0.3, -0.25) is 0 Å². The fourth-order valence-corrected chi connectivity index (χ4v) is 30.3. The fraction of sp³-hybridized carbons (Fsp3) is 1.00. The van der Waals surface area contributed by atoms with E-state index in [9.17, 15) is 0 Å². The average Bonchev–Trinajstić information content (AvgIpc) is 2.79. The summed E-state index contributed by atoms with van der Waals surface area (Å²) in [6.07, 6.45) is 13.8. The van der Waals surface area contributed by atoms with Crippen LogP contribution < -0.4 is 0 Å². The third-order valence-electron chi connectivity index (χ3n) is 6.90. The van der Waals surface area contributed by atoms with Crippen LogP contribution in [-0.4, -0.2) is 42.5 Å². The Morgan fingerprint density at radius 1 is 0.606 bits per heavy atom. The van der Waals surface area contributed by atoms with Gasteiger partial charge in [0.2, 0.25) is 0 Å². The molecule has 7 heteroatoms. The van der Waals surface area contributed by atoms with E-state index in [1.54, 1.807) is 0 Å². The second-order valence-corrected chi connectivity index (χ2v) is 32.8. The molecule has 0 aromatic rings. The van der Waals surface area contributed by atoms with Crippen molar-refractivity contribution in [2.75, 3.05) is 0 Å². The van der Waals surface area contributed by atoms with Crippen LogP contribution in [0, 0.1) is 0 Å². The zero-order valence-corrected chi connectivity index (χ0v) is 30.0. The van der Waals surface area contributed by atoms with Crippen molar-refractivity contribution >= 4 is 67.2 Å². The van der Waals surface area contributed by atoms with Crippen LogP contribution in [0.15, 0.2) is 0 Å². The summed E-state index contributed by atoms with van der Waals surface area (Å²) < 4.78 is 16.4. The number of hydrogen-bond acceptors (Lipinski definition) is 2. The van der Waals surface area contributed by atoms with Crippen molar-refractivity contribution in [2.45, 2.75) is 158 Å². The molecule has 1 unspecified atom stereocenters. The van der Waals surface area contributed by atoms with Gasteiger partial charge >= 0.3 is 232 Å². The van der Waals surface area contributed by atoms with Gasteiger partial charge < -0.3 is 0 Å². The van der Waals surface area contributed by atoms with Gasteiger partial charge in [0, 0.05) is 0 Å². The van der Waals surface area contributed by atoms with E-state index in [-0.39, 0.29) is 0 Å². The molecule has 1 atom stereocenters. The molecule has 0 amide bonds. The summed E-state index contributed by atoms with van der Waals surface area (Å²) in [6, 6.07) is 0. The van der Waals surface area contributed by atoms with E-state index in [1.165, 1.54) is 106 Å². The van der Waals surface area contributed by atoms with E-state index in [0.717, 1.165) is 0 Å². The number of hydrogen-bond donors (Lipinski definition) is 0. The van der Waals surface area contributed by atoms with Crippen LogP contribution in [0.25, 0.3) is 0 Å². The monoisotopic (exact) mass is 698 g/mol. The zero-order valence-electron chi connectivity index (χ0n) is 22.8. The number of unbranched alkanes of at least 4 members (excludes halogenated alkanes) is 6. The normalized spacial score (nSPS) is 14.1. The molecule has 33 heavy (non-hydrogen) atoms. The summed E-state index contributed by atoms with van der Waals surface area (Å²) in [4.78, 5) is 0. The average molecular weight is 697 g/mol. The van der Waals surface area contributed by atoms with E-state index in [1.807, 2.05) is 0 Å². The van der Waals surface area contributed by atoms with Crippen molar-refractivity contribution in [3.63, 3.8) is 0 Å². The van der Waals surface area contributed by atoms with Crippen molar-refractivity contribution in [3.05, 3.63) is 0 Å². The molecule has 200 valence electrons. The Balaban J connectivity index is 6.10. The van der Waals surface area contributed by atoms with Gasteiger partial charge in [0.05, 0.1) is 0 Å². The topological polar surface area (TPSA) is 18.5 Å². The van der Waals surface area contributed by atoms with Crippen LogP contribution in [0.3, 0.4) is 0 Å². The van der Waals surface area contributed by atoms with E-state index in [2.05, 4.69) is 41.5 Å². The quantitative estimate of drug-likeness (QED) is 0.0637. The maximum absolute atomic E-state index is 7.14. The van der Waals surface area contributed by atoms with Crippen LogP contribution in [0.5, 0.6) is 0 Å². The van der Waals surface area contributed by atoms with E-state index in [4.69, 9.17) is 41.6 Å². The number of rotatable bonds is 22. The Labute approximate surface area is 230 Å². The summed E-state index contributed by atoms with van der Waals surface area (Å²) in [6.45, 7) is 13.7. The summed E-state index contributed by atoms with van der Waals surface area (Å²) in [5, 5.41) is 3.62. The van der Waals surface area contributed by atoms with Crippen molar-refractivity contribution in [1.29, 1.82) is 0 Å². The Bertz CT molecular complexity index is 386. The first-order chi connectivity index (χ1) is 15.7. The minimum absolute atomic E-state index is 0.672. The fourth-order valence-electron chi connectivity index (χ4n) is 4.71. The molecular weight excluding hydrogens is 642 g/mol. The third-order valence-corrected chi connectivity index (χ3v) is 29.8. The molecule has 0 aliphatic carbocycles. The van der Waals surface area contributed by atoms with Gasteiger partial charge in [-0.15, -0.1) is 0 Å². The Kier molecular flexibility index (Phi) is 21.4. The SMILES string of the molecule is CCC[CH2][Ge]([CH2]CCC)([CH2]CCC)[O]C([O][Sn]([CH2]CCC)([CH2]CCC)[CH2]CCC)C(Cl)(Cl)Cl. The molecule has 0 saturated heterocycles. The molecule has 0 aliphatic heterocycles. The van der Waals surface area contributed by atoms with Crippen LogP contribution in [-0.2, 0) is 6.84 Å². The summed E-state index contributed by atoms with van der Waals surface area (Å²) in [5.74, 6) is 0. The van der Waals surface area contributed by atoms with Gasteiger partial charge in [-0.25, -0.2) is 0 Å². The van der Waals surface area contributed by atoms with Crippen molar-refractivity contribution in [1.82, 2.24) is 0 Å². The van der Waals surface area contributed by atoms with Crippen molar-refractivity contribution in [2.24, 2.45) is 0 Å². The molecule has 2 nitrogen and oxygen atoms in total. The summed E-state index contributed by atoms with van der Waals surface area (Å²) in [7, 11) is 0. The van der Waals surface area contributed by atoms with Crippen LogP contribution in [0.4, 0.5) is 0 Å². The van der Waals surface area contributed by atoms with Crippen molar-refractivity contribution < 1.29 is 6.84 Å². The van der Waals surface area contributed by atoms with Gasteiger partial charge in [-0.05, 0) is 0 Å². The molecule has 0 aliphatic rings. The third kappa shape index (κ3) is 15.2. The van der Waals surface area contributed by atoms with Crippen molar-refractivity contribution in [3.8, 4) is 0 Å². The molecule has 0 saturated carbocycles. The predicted octanol–water partition coefficient (Wildman–Crippen LogP) is 11.4. The minimum atomic E-state index is -3.00. The first kappa shape index (κ1) is 35.1. The second-order valence-electron chi connectivity index (χ2n) is 10.1. The molecular formula is C26H55Cl3GeO2Sn. The molecule has 0 aromatic carbocycles. The van der Waals surface area contributed by atoms with Gasteiger partial charge in [-0.1, -0.05) is 0 Å².